The minimum absolute atomic E-state index is 0.709. The first kappa shape index (κ1) is 12.5. The molecule has 0 spiro atoms. The van der Waals surface area contributed by atoms with Crippen molar-refractivity contribution in [1.82, 2.24) is 0 Å². The van der Waals surface area contributed by atoms with Gasteiger partial charge in [-0.25, -0.2) is 9.59 Å². The number of carboxylic acids is 2. The maximum Gasteiger partial charge on any atom is 0.332 e. The fourth-order valence-corrected chi connectivity index (χ4v) is 0.689. The Morgan fingerprint density at radius 2 is 1.14 bits per heavy atom. The lowest BCUT2D eigenvalue weighted by molar-refractivity contribution is -0.151. The Hall–Kier alpha value is -1.47. The van der Waals surface area contributed by atoms with E-state index in [0.717, 1.165) is 0 Å². The summed E-state index contributed by atoms with van der Waals surface area (Å²) >= 11 is 0. The topological polar surface area (TPSA) is 132 Å². The second kappa shape index (κ2) is 5.30. The number of carbonyl (C=O) groups is 3. The minimum atomic E-state index is -1.86. The lowest BCUT2D eigenvalue weighted by Crippen LogP contribution is -2.28. The molecule has 0 aliphatic rings. The molecule has 0 aromatic heterocycles. The molecule has 7 nitrogen and oxygen atoms in total. The van der Waals surface area contributed by atoms with E-state index in [1.54, 1.807) is 0 Å². The van der Waals surface area contributed by atoms with Crippen molar-refractivity contribution < 1.29 is 34.8 Å². The molecule has 0 heterocycles. The first-order valence-corrected chi connectivity index (χ1v) is 3.68. The van der Waals surface area contributed by atoms with Crippen molar-refractivity contribution in [2.45, 2.75) is 25.0 Å². The highest BCUT2D eigenvalue weighted by Gasteiger charge is 2.22. The zero-order valence-electron chi connectivity index (χ0n) is 7.08. The molecule has 4 N–H and O–H groups in total. The SMILES string of the molecule is O=C(C[C@H](O)C(=O)O)C[C@H](O)C(=O)O. The monoisotopic (exact) mass is 206 g/mol. The summed E-state index contributed by atoms with van der Waals surface area (Å²) in [6.07, 6.45) is -5.13. The van der Waals surface area contributed by atoms with Gasteiger partial charge in [0.25, 0.3) is 0 Å². The molecule has 0 amide bonds. The molecule has 0 aliphatic carbocycles. The summed E-state index contributed by atoms with van der Waals surface area (Å²) in [5, 5.41) is 33.8. The van der Waals surface area contributed by atoms with Crippen molar-refractivity contribution in [2.24, 2.45) is 0 Å². The van der Waals surface area contributed by atoms with Crippen molar-refractivity contribution >= 4 is 17.7 Å². The van der Waals surface area contributed by atoms with Crippen LogP contribution >= 0.6 is 0 Å². The number of Topliss-reactive ketones (excluding diaryl/α,β-unsaturated/α-hetero) is 1. The average Bonchev–Trinajstić information content (AvgIpc) is 2.03. The molecule has 0 bridgehead atoms. The number of aliphatic hydroxyl groups excluding tert-OH is 2. The third kappa shape index (κ3) is 4.53. The summed E-state index contributed by atoms with van der Waals surface area (Å²) in [6, 6.07) is 0. The van der Waals surface area contributed by atoms with Gasteiger partial charge in [0, 0.05) is 12.8 Å². The molecular formula is C7H10O7. The van der Waals surface area contributed by atoms with Gasteiger partial charge in [0.2, 0.25) is 0 Å². The van der Waals surface area contributed by atoms with Crippen molar-refractivity contribution in [1.29, 1.82) is 0 Å². The van der Waals surface area contributed by atoms with Gasteiger partial charge in [-0.3, -0.25) is 4.79 Å². The van der Waals surface area contributed by atoms with Gasteiger partial charge in [-0.2, -0.15) is 0 Å². The van der Waals surface area contributed by atoms with Crippen LogP contribution in [0.5, 0.6) is 0 Å². The van der Waals surface area contributed by atoms with Crippen LogP contribution < -0.4 is 0 Å². The normalized spacial score (nSPS) is 14.4. The van der Waals surface area contributed by atoms with Gasteiger partial charge in [0.15, 0.2) is 12.2 Å². The molecule has 7 heteroatoms. The molecule has 0 rings (SSSR count). The van der Waals surface area contributed by atoms with E-state index in [0.29, 0.717) is 0 Å². The van der Waals surface area contributed by atoms with E-state index < -0.39 is 42.8 Å². The highest BCUT2D eigenvalue weighted by Crippen LogP contribution is 2.01. The third-order valence-electron chi connectivity index (χ3n) is 1.41. The van der Waals surface area contributed by atoms with Crippen LogP contribution in [-0.2, 0) is 14.4 Å². The standard InChI is InChI=1S/C7H10O7/c8-3(1-4(9)6(11)12)2-5(10)7(13)14/h4-5,9-10H,1-2H2,(H,11,12)(H,13,14)/t4-,5-/m0/s1. The van der Waals surface area contributed by atoms with Crippen molar-refractivity contribution in [3.8, 4) is 0 Å². The third-order valence-corrected chi connectivity index (χ3v) is 1.41. The fourth-order valence-electron chi connectivity index (χ4n) is 0.689. The van der Waals surface area contributed by atoms with Crippen LogP contribution in [0.2, 0.25) is 0 Å². The van der Waals surface area contributed by atoms with Crippen molar-refractivity contribution in [2.75, 3.05) is 0 Å². The summed E-state index contributed by atoms with van der Waals surface area (Å²) in [4.78, 5) is 31.0. The first-order chi connectivity index (χ1) is 6.34. The predicted octanol–water partition coefficient (Wildman–Crippen LogP) is -1.77. The van der Waals surface area contributed by atoms with Crippen molar-refractivity contribution in [3.05, 3.63) is 0 Å². The fraction of sp³-hybridized carbons (Fsp3) is 0.571. The minimum Gasteiger partial charge on any atom is -0.479 e. The Bertz CT molecular complexity index is 222. The van der Waals surface area contributed by atoms with E-state index in [1.807, 2.05) is 0 Å². The van der Waals surface area contributed by atoms with Crippen LogP contribution in [0.15, 0.2) is 0 Å². The quantitative estimate of drug-likeness (QED) is 0.404. The number of aliphatic carboxylic acids is 2. The van der Waals surface area contributed by atoms with Gasteiger partial charge in [0.1, 0.15) is 5.78 Å². The van der Waals surface area contributed by atoms with Gasteiger partial charge in [-0.1, -0.05) is 0 Å². The van der Waals surface area contributed by atoms with Crippen LogP contribution in [0.4, 0.5) is 0 Å². The lowest BCUT2D eigenvalue weighted by Gasteiger charge is -2.06. The van der Waals surface area contributed by atoms with E-state index in [-0.39, 0.29) is 0 Å². The summed E-state index contributed by atoms with van der Waals surface area (Å²) in [5.74, 6) is -3.96. The number of hydrogen-bond acceptors (Lipinski definition) is 5. The van der Waals surface area contributed by atoms with Crippen LogP contribution in [0.3, 0.4) is 0 Å². The molecular weight excluding hydrogens is 196 g/mol. The smallest absolute Gasteiger partial charge is 0.332 e. The summed E-state index contributed by atoms with van der Waals surface area (Å²) in [7, 11) is 0. The Labute approximate surface area is 78.6 Å². The second-order valence-electron chi connectivity index (χ2n) is 2.65. The van der Waals surface area contributed by atoms with Crippen LogP contribution in [-0.4, -0.2) is 50.4 Å². The van der Waals surface area contributed by atoms with Crippen LogP contribution in [0, 0.1) is 0 Å². The molecule has 0 unspecified atom stereocenters. The average molecular weight is 206 g/mol. The summed E-state index contributed by atoms with van der Waals surface area (Å²) in [5.41, 5.74) is 0. The van der Waals surface area contributed by atoms with Crippen LogP contribution in [0.25, 0.3) is 0 Å². The Balaban J connectivity index is 3.99. The molecule has 0 saturated carbocycles. The molecule has 0 aliphatic heterocycles. The lowest BCUT2D eigenvalue weighted by atomic mass is 10.1. The van der Waals surface area contributed by atoms with E-state index in [9.17, 15) is 14.4 Å². The zero-order valence-corrected chi connectivity index (χ0v) is 7.08. The molecule has 2 atom stereocenters. The Kier molecular flexibility index (Phi) is 4.74. The largest absolute Gasteiger partial charge is 0.479 e. The number of carboxylic acid groups (broad SMARTS) is 2. The van der Waals surface area contributed by atoms with Crippen LogP contribution in [0.1, 0.15) is 12.8 Å². The maximum absolute atomic E-state index is 10.8. The van der Waals surface area contributed by atoms with Gasteiger partial charge >= 0.3 is 11.9 Å². The molecule has 0 fully saturated rings. The molecule has 0 aromatic rings. The molecule has 0 radical (unpaired) electrons. The molecule has 14 heavy (non-hydrogen) atoms. The van der Waals surface area contributed by atoms with E-state index in [2.05, 4.69) is 0 Å². The molecule has 80 valence electrons. The van der Waals surface area contributed by atoms with E-state index in [4.69, 9.17) is 20.4 Å². The molecule has 0 aromatic carbocycles. The number of rotatable bonds is 6. The molecule has 0 saturated heterocycles. The van der Waals surface area contributed by atoms with Gasteiger partial charge in [-0.05, 0) is 0 Å². The maximum atomic E-state index is 10.8. The zero-order chi connectivity index (χ0) is 11.3. The summed E-state index contributed by atoms with van der Waals surface area (Å²) < 4.78 is 0. The first-order valence-electron chi connectivity index (χ1n) is 3.68. The van der Waals surface area contributed by atoms with Crippen molar-refractivity contribution in [3.63, 3.8) is 0 Å². The van der Waals surface area contributed by atoms with E-state index >= 15 is 0 Å². The Morgan fingerprint density at radius 3 is 1.36 bits per heavy atom. The Morgan fingerprint density at radius 1 is 0.857 bits per heavy atom. The second-order valence-corrected chi connectivity index (χ2v) is 2.65. The number of aliphatic hydroxyl groups is 2. The van der Waals surface area contributed by atoms with Gasteiger partial charge < -0.3 is 20.4 Å². The van der Waals surface area contributed by atoms with Gasteiger partial charge in [0.05, 0.1) is 0 Å². The summed E-state index contributed by atoms with van der Waals surface area (Å²) in [6.45, 7) is 0. The number of carbonyl (C=O) groups excluding carboxylic acids is 1. The highest BCUT2D eigenvalue weighted by atomic mass is 16.4. The number of hydrogen-bond donors (Lipinski definition) is 4. The highest BCUT2D eigenvalue weighted by molar-refractivity contribution is 5.88. The van der Waals surface area contributed by atoms with Gasteiger partial charge in [-0.15, -0.1) is 0 Å². The number of ketones is 1. The predicted molar refractivity (Wildman–Crippen MR) is 41.5 cm³/mol. The van der Waals surface area contributed by atoms with E-state index in [1.165, 1.54) is 0 Å².